The van der Waals surface area contributed by atoms with Gasteiger partial charge in [-0.25, -0.2) is 13.1 Å². The fourth-order valence-electron chi connectivity index (χ4n) is 2.32. The molecule has 0 atom stereocenters. The molecule has 1 aromatic rings. The predicted octanol–water partition coefficient (Wildman–Crippen LogP) is 1.76. The minimum Gasteiger partial charge on any atom is -0.346 e. The van der Waals surface area contributed by atoms with Gasteiger partial charge in [-0.3, -0.25) is 4.79 Å². The van der Waals surface area contributed by atoms with E-state index in [1.165, 1.54) is 0 Å². The average molecular weight is 312 g/mol. The van der Waals surface area contributed by atoms with Gasteiger partial charge in [0.2, 0.25) is 15.9 Å². The summed E-state index contributed by atoms with van der Waals surface area (Å²) in [6.07, 6.45) is 0.160. The molecule has 1 rings (SSSR count). The lowest BCUT2D eigenvalue weighted by Crippen LogP contribution is -2.32. The van der Waals surface area contributed by atoms with Crippen LogP contribution in [0, 0.1) is 20.8 Å². The first-order chi connectivity index (χ1) is 9.69. The van der Waals surface area contributed by atoms with E-state index in [-0.39, 0.29) is 18.9 Å². The summed E-state index contributed by atoms with van der Waals surface area (Å²) in [6.45, 7) is 8.10. The predicted molar refractivity (Wildman–Crippen MR) is 83.8 cm³/mol. The lowest BCUT2D eigenvalue weighted by molar-refractivity contribution is -0.129. The number of amides is 1. The van der Waals surface area contributed by atoms with Crippen LogP contribution in [0.2, 0.25) is 0 Å². The van der Waals surface area contributed by atoms with E-state index in [0.29, 0.717) is 11.4 Å². The molecule has 118 valence electrons. The van der Waals surface area contributed by atoms with Crippen LogP contribution < -0.4 is 4.72 Å². The number of carbonyl (C=O) groups is 1. The first kappa shape index (κ1) is 17.7. The third-order valence-corrected chi connectivity index (χ3v) is 5.17. The number of aryl methyl sites for hydroxylation is 3. The monoisotopic (exact) mass is 312 g/mol. The van der Waals surface area contributed by atoms with Gasteiger partial charge in [0.05, 0.1) is 4.90 Å². The third kappa shape index (κ3) is 4.54. The van der Waals surface area contributed by atoms with Crippen LogP contribution in [-0.4, -0.2) is 39.4 Å². The van der Waals surface area contributed by atoms with Crippen LogP contribution in [0.1, 0.15) is 30.0 Å². The van der Waals surface area contributed by atoms with Gasteiger partial charge in [-0.1, -0.05) is 17.7 Å². The quantitative estimate of drug-likeness (QED) is 0.870. The van der Waals surface area contributed by atoms with E-state index in [2.05, 4.69) is 4.72 Å². The van der Waals surface area contributed by atoms with Gasteiger partial charge in [-0.15, -0.1) is 0 Å². The minimum absolute atomic E-state index is 0.0717. The number of hydrogen-bond acceptors (Lipinski definition) is 3. The van der Waals surface area contributed by atoms with Crippen LogP contribution in [-0.2, 0) is 14.8 Å². The molecule has 0 aliphatic carbocycles. The molecular formula is C15H24N2O3S. The van der Waals surface area contributed by atoms with Crippen LogP contribution in [0.4, 0.5) is 0 Å². The Morgan fingerprint density at radius 3 is 2.19 bits per heavy atom. The van der Waals surface area contributed by atoms with Crippen molar-refractivity contribution < 1.29 is 13.2 Å². The molecule has 0 radical (unpaired) electrons. The van der Waals surface area contributed by atoms with Crippen molar-refractivity contribution in [1.82, 2.24) is 9.62 Å². The molecule has 5 nitrogen and oxygen atoms in total. The SMILES string of the molecule is CCN(C)C(=O)CCNS(=O)(=O)c1c(C)cc(C)cc1C. The Bertz CT molecular complexity index is 601. The maximum Gasteiger partial charge on any atom is 0.241 e. The normalized spacial score (nSPS) is 11.5. The standard InChI is InChI=1S/C15H24N2O3S/c1-6-17(5)14(18)7-8-16-21(19,20)15-12(3)9-11(2)10-13(15)4/h9-10,16H,6-8H2,1-5H3. The van der Waals surface area contributed by atoms with E-state index in [1.807, 2.05) is 26.0 Å². The summed E-state index contributed by atoms with van der Waals surface area (Å²) in [6, 6.07) is 3.69. The zero-order chi connectivity index (χ0) is 16.2. The molecule has 6 heteroatoms. The molecule has 0 fully saturated rings. The highest BCUT2D eigenvalue weighted by molar-refractivity contribution is 7.89. The molecule has 21 heavy (non-hydrogen) atoms. The first-order valence-corrected chi connectivity index (χ1v) is 8.48. The molecule has 0 unspecified atom stereocenters. The van der Waals surface area contributed by atoms with Gasteiger partial charge in [0.1, 0.15) is 0 Å². The van der Waals surface area contributed by atoms with E-state index in [4.69, 9.17) is 0 Å². The van der Waals surface area contributed by atoms with Gasteiger partial charge in [-0.05, 0) is 38.8 Å². The number of carbonyl (C=O) groups excluding carboxylic acids is 1. The van der Waals surface area contributed by atoms with Gasteiger partial charge in [0.15, 0.2) is 0 Å². The molecular weight excluding hydrogens is 288 g/mol. The summed E-state index contributed by atoms with van der Waals surface area (Å²) in [7, 11) is -1.89. The van der Waals surface area contributed by atoms with Crippen LogP contribution in [0.25, 0.3) is 0 Å². The Balaban J connectivity index is 2.82. The van der Waals surface area contributed by atoms with Crippen LogP contribution >= 0.6 is 0 Å². The van der Waals surface area contributed by atoms with Crippen molar-refractivity contribution in [2.24, 2.45) is 0 Å². The Kier molecular flexibility index (Phi) is 5.92. The fraction of sp³-hybridized carbons (Fsp3) is 0.533. The van der Waals surface area contributed by atoms with Crippen LogP contribution in [0.15, 0.2) is 17.0 Å². The van der Waals surface area contributed by atoms with Gasteiger partial charge < -0.3 is 4.90 Å². The summed E-state index contributed by atoms with van der Waals surface area (Å²) < 4.78 is 27.3. The minimum atomic E-state index is -3.59. The second-order valence-corrected chi connectivity index (χ2v) is 6.99. The average Bonchev–Trinajstić information content (AvgIpc) is 2.35. The summed E-state index contributed by atoms with van der Waals surface area (Å²) in [4.78, 5) is 13.5. The molecule has 0 aliphatic rings. The van der Waals surface area contributed by atoms with Crippen molar-refractivity contribution in [3.8, 4) is 0 Å². The molecule has 1 amide bonds. The Morgan fingerprint density at radius 2 is 1.71 bits per heavy atom. The molecule has 0 saturated carbocycles. The summed E-state index contributed by atoms with van der Waals surface area (Å²) >= 11 is 0. The number of benzene rings is 1. The van der Waals surface area contributed by atoms with Gasteiger partial charge in [-0.2, -0.15) is 0 Å². The van der Waals surface area contributed by atoms with Crippen molar-refractivity contribution in [2.45, 2.75) is 39.0 Å². The van der Waals surface area contributed by atoms with E-state index in [0.717, 1.165) is 16.7 Å². The highest BCUT2D eigenvalue weighted by Crippen LogP contribution is 2.21. The molecule has 0 bridgehead atoms. The summed E-state index contributed by atoms with van der Waals surface area (Å²) in [5, 5.41) is 0. The number of nitrogens with one attached hydrogen (secondary N) is 1. The smallest absolute Gasteiger partial charge is 0.241 e. The van der Waals surface area contributed by atoms with E-state index >= 15 is 0 Å². The van der Waals surface area contributed by atoms with Gasteiger partial charge in [0, 0.05) is 26.6 Å². The highest BCUT2D eigenvalue weighted by Gasteiger charge is 2.20. The van der Waals surface area contributed by atoms with E-state index < -0.39 is 10.0 Å². The van der Waals surface area contributed by atoms with Gasteiger partial charge in [0.25, 0.3) is 0 Å². The molecule has 0 heterocycles. The second kappa shape index (κ2) is 7.04. The van der Waals surface area contributed by atoms with Crippen molar-refractivity contribution in [3.63, 3.8) is 0 Å². The Hall–Kier alpha value is -1.40. The van der Waals surface area contributed by atoms with E-state index in [9.17, 15) is 13.2 Å². The zero-order valence-electron chi connectivity index (χ0n) is 13.4. The number of rotatable bonds is 6. The van der Waals surface area contributed by atoms with Crippen LogP contribution in [0.5, 0.6) is 0 Å². The third-order valence-electron chi connectivity index (χ3n) is 3.40. The Labute approximate surface area is 127 Å². The van der Waals surface area contributed by atoms with Crippen molar-refractivity contribution in [1.29, 1.82) is 0 Å². The number of nitrogens with zero attached hydrogens (tertiary/aromatic N) is 1. The molecule has 0 saturated heterocycles. The number of hydrogen-bond donors (Lipinski definition) is 1. The molecule has 1 N–H and O–H groups in total. The molecule has 0 aliphatic heterocycles. The summed E-state index contributed by atoms with van der Waals surface area (Å²) in [5.74, 6) is -0.0717. The molecule has 0 spiro atoms. The largest absolute Gasteiger partial charge is 0.346 e. The van der Waals surface area contributed by atoms with Crippen molar-refractivity contribution >= 4 is 15.9 Å². The zero-order valence-corrected chi connectivity index (χ0v) is 14.2. The second-order valence-electron chi connectivity index (χ2n) is 5.28. The Morgan fingerprint density at radius 1 is 1.19 bits per heavy atom. The van der Waals surface area contributed by atoms with E-state index in [1.54, 1.807) is 25.8 Å². The molecule has 0 aromatic heterocycles. The maximum atomic E-state index is 12.4. The first-order valence-electron chi connectivity index (χ1n) is 7.00. The molecule has 1 aromatic carbocycles. The number of sulfonamides is 1. The lowest BCUT2D eigenvalue weighted by atomic mass is 10.1. The summed E-state index contributed by atoms with van der Waals surface area (Å²) in [5.41, 5.74) is 2.47. The maximum absolute atomic E-state index is 12.4. The van der Waals surface area contributed by atoms with Crippen LogP contribution in [0.3, 0.4) is 0 Å². The topological polar surface area (TPSA) is 66.5 Å². The highest BCUT2D eigenvalue weighted by atomic mass is 32.2. The fourth-order valence-corrected chi connectivity index (χ4v) is 3.80. The van der Waals surface area contributed by atoms with Crippen molar-refractivity contribution in [2.75, 3.05) is 20.1 Å². The van der Waals surface area contributed by atoms with Crippen molar-refractivity contribution in [3.05, 3.63) is 28.8 Å². The lowest BCUT2D eigenvalue weighted by Gasteiger charge is -2.16. The van der Waals surface area contributed by atoms with Gasteiger partial charge >= 0.3 is 0 Å².